The second kappa shape index (κ2) is 42.4. The second-order valence-corrected chi connectivity index (χ2v) is 11.8. The Morgan fingerprint density at radius 3 is 0.780 bits per heavy atom. The third-order valence-corrected chi connectivity index (χ3v) is 7.73. The Bertz CT molecular complexity index is 465. The molecule has 0 heterocycles. The van der Waals surface area contributed by atoms with E-state index in [9.17, 15) is 9.59 Å². The number of hydrogen-bond acceptors (Lipinski definition) is 6. The summed E-state index contributed by atoms with van der Waals surface area (Å²) in [6.07, 6.45) is 34.7. The van der Waals surface area contributed by atoms with Crippen LogP contribution in [0.15, 0.2) is 0 Å². The monoisotopic (exact) mass is 666 g/mol. The maximum Gasteiger partial charge on any atom is 2.00 e. The standard InChI is InChI=1S/2C17H34O2S.Zn/c2*1-2-3-4-5-6-7-8-9-10-11-12-13-14-15-19-17(18)16-20;/h2*20H,2-16H2,1H3;/q;;+2/p-2. The fraction of sp³-hybridized carbons (Fsp3) is 0.941. The maximum atomic E-state index is 10.8. The first kappa shape index (κ1) is 45.7. The number of carbonyl (C=O) groups excluding carboxylic acids is 2. The second-order valence-electron chi connectivity index (χ2n) is 11.2. The number of carbonyl (C=O) groups is 2. The molecular formula is C34H66O4S2Zn. The van der Waals surface area contributed by atoms with Crippen LogP contribution in [0.4, 0.5) is 0 Å². The molecule has 0 aromatic carbocycles. The van der Waals surface area contributed by atoms with Gasteiger partial charge in [0.05, 0.1) is 13.2 Å². The average molecular weight is 668 g/mol. The summed E-state index contributed by atoms with van der Waals surface area (Å²) in [6.45, 7) is 5.63. The van der Waals surface area contributed by atoms with Gasteiger partial charge in [-0.3, -0.25) is 9.59 Å². The van der Waals surface area contributed by atoms with Gasteiger partial charge in [-0.25, -0.2) is 0 Å². The van der Waals surface area contributed by atoms with E-state index in [1.165, 1.54) is 154 Å². The summed E-state index contributed by atoms with van der Waals surface area (Å²) in [5, 5.41) is 0. The first-order chi connectivity index (χ1) is 19.6. The summed E-state index contributed by atoms with van der Waals surface area (Å²) in [5.74, 6) is -0.338. The number of ether oxygens (including phenoxy) is 2. The summed E-state index contributed by atoms with van der Waals surface area (Å²) >= 11 is 9.20. The van der Waals surface area contributed by atoms with Crippen molar-refractivity contribution >= 4 is 37.2 Å². The summed E-state index contributed by atoms with van der Waals surface area (Å²) in [6, 6.07) is 0. The van der Waals surface area contributed by atoms with Crippen LogP contribution in [0.1, 0.15) is 181 Å². The van der Waals surface area contributed by atoms with E-state index in [0.717, 1.165) is 12.8 Å². The van der Waals surface area contributed by atoms with E-state index in [4.69, 9.17) is 9.47 Å². The SMILES string of the molecule is CCCCCCCCCCCCCCCOC(=O)C[S-].CCCCCCCCCCCCCCCOC(=O)C[S-].[Zn+2]. The molecule has 0 fully saturated rings. The molecule has 0 aromatic heterocycles. The minimum Gasteiger partial charge on any atom is -0.782 e. The smallest absolute Gasteiger partial charge is 0.782 e. The molecule has 0 unspecified atom stereocenters. The number of hydrogen-bond donors (Lipinski definition) is 0. The molecule has 0 spiro atoms. The van der Waals surface area contributed by atoms with Crippen molar-refractivity contribution in [1.29, 1.82) is 0 Å². The van der Waals surface area contributed by atoms with Crippen molar-refractivity contribution in [2.75, 3.05) is 24.7 Å². The third kappa shape index (κ3) is 44.8. The molecule has 0 aliphatic rings. The van der Waals surface area contributed by atoms with Gasteiger partial charge in [-0.05, 0) is 12.8 Å². The first-order valence-corrected chi connectivity index (χ1v) is 18.2. The Morgan fingerprint density at radius 2 is 0.585 bits per heavy atom. The molecule has 0 N–H and O–H groups in total. The Kier molecular flexibility index (Phi) is 47.2. The Labute approximate surface area is 280 Å². The van der Waals surface area contributed by atoms with Gasteiger partial charge in [0.25, 0.3) is 11.9 Å². The van der Waals surface area contributed by atoms with Crippen LogP contribution < -0.4 is 0 Å². The number of unbranched alkanes of at least 4 members (excludes halogenated alkanes) is 24. The fourth-order valence-corrected chi connectivity index (χ4v) is 4.86. The van der Waals surface area contributed by atoms with Gasteiger partial charge in [-0.15, -0.1) is 0 Å². The van der Waals surface area contributed by atoms with Crippen LogP contribution in [-0.2, 0) is 63.8 Å². The van der Waals surface area contributed by atoms with Crippen molar-refractivity contribution in [3.8, 4) is 0 Å². The zero-order chi connectivity index (χ0) is 29.8. The molecule has 0 aliphatic heterocycles. The van der Waals surface area contributed by atoms with Gasteiger partial charge >= 0.3 is 19.5 Å². The van der Waals surface area contributed by atoms with E-state index in [1.54, 1.807) is 0 Å². The van der Waals surface area contributed by atoms with Crippen LogP contribution in [-0.4, -0.2) is 36.7 Å². The third-order valence-electron chi connectivity index (χ3n) is 7.26. The van der Waals surface area contributed by atoms with E-state index in [1.807, 2.05) is 0 Å². The molecule has 0 aliphatic carbocycles. The van der Waals surface area contributed by atoms with Gasteiger partial charge < -0.3 is 34.7 Å². The molecule has 0 radical (unpaired) electrons. The molecule has 0 rings (SSSR count). The Balaban J connectivity index is -0.000000688. The Hall–Kier alpha value is 0.263. The van der Waals surface area contributed by atoms with Gasteiger partial charge in [0, 0.05) is 0 Å². The molecule has 0 atom stereocenters. The number of rotatable bonds is 30. The van der Waals surface area contributed by atoms with Crippen molar-refractivity contribution in [3.05, 3.63) is 0 Å². The number of esters is 2. The molecule has 4 nitrogen and oxygen atoms in total. The van der Waals surface area contributed by atoms with Crippen molar-refractivity contribution in [2.45, 2.75) is 181 Å². The normalized spacial score (nSPS) is 10.4. The van der Waals surface area contributed by atoms with Crippen LogP contribution in [0.5, 0.6) is 0 Å². The molecule has 0 aromatic rings. The summed E-state index contributed by atoms with van der Waals surface area (Å²) in [7, 11) is 0. The van der Waals surface area contributed by atoms with E-state index < -0.39 is 0 Å². The predicted molar refractivity (Wildman–Crippen MR) is 178 cm³/mol. The van der Waals surface area contributed by atoms with Crippen LogP contribution in [0, 0.1) is 0 Å². The van der Waals surface area contributed by atoms with E-state index >= 15 is 0 Å². The summed E-state index contributed by atoms with van der Waals surface area (Å²) < 4.78 is 9.90. The fourth-order valence-electron chi connectivity index (χ4n) is 4.69. The van der Waals surface area contributed by atoms with Crippen molar-refractivity contribution in [2.24, 2.45) is 0 Å². The maximum absolute atomic E-state index is 10.8. The first-order valence-electron chi connectivity index (χ1n) is 17.1. The van der Waals surface area contributed by atoms with Crippen LogP contribution in [0.25, 0.3) is 0 Å². The summed E-state index contributed by atoms with van der Waals surface area (Å²) in [4.78, 5) is 21.6. The van der Waals surface area contributed by atoms with Crippen LogP contribution in [0.2, 0.25) is 0 Å². The van der Waals surface area contributed by atoms with Gasteiger partial charge in [0.1, 0.15) is 0 Å². The topological polar surface area (TPSA) is 52.6 Å². The van der Waals surface area contributed by atoms with Gasteiger partial charge in [0.15, 0.2) is 0 Å². The zero-order valence-electron chi connectivity index (χ0n) is 27.4. The predicted octanol–water partition coefficient (Wildman–Crippen LogP) is 10.3. The van der Waals surface area contributed by atoms with Gasteiger partial charge in [-0.1, -0.05) is 179 Å². The average Bonchev–Trinajstić information content (AvgIpc) is 2.97. The minimum absolute atomic E-state index is 0. The Morgan fingerprint density at radius 1 is 0.390 bits per heavy atom. The molecule has 0 saturated heterocycles. The largest absolute Gasteiger partial charge is 2.00 e. The molecule has 0 amide bonds. The molecule has 0 bridgehead atoms. The van der Waals surface area contributed by atoms with Gasteiger partial charge in [0.2, 0.25) is 0 Å². The van der Waals surface area contributed by atoms with E-state index in [2.05, 4.69) is 39.1 Å². The molecule has 0 saturated carbocycles. The van der Waals surface area contributed by atoms with Crippen LogP contribution >= 0.6 is 0 Å². The van der Waals surface area contributed by atoms with Crippen LogP contribution in [0.3, 0.4) is 0 Å². The molecule has 7 heteroatoms. The zero-order valence-corrected chi connectivity index (χ0v) is 32.0. The van der Waals surface area contributed by atoms with Crippen molar-refractivity contribution in [1.82, 2.24) is 0 Å². The minimum atomic E-state index is -0.251. The van der Waals surface area contributed by atoms with Crippen molar-refractivity contribution in [3.63, 3.8) is 0 Å². The quantitative estimate of drug-likeness (QED) is 0.0329. The molecule has 240 valence electrons. The van der Waals surface area contributed by atoms with E-state index in [0.29, 0.717) is 13.2 Å². The molecular weight excluding hydrogens is 602 g/mol. The van der Waals surface area contributed by atoms with Crippen molar-refractivity contribution < 1.29 is 38.5 Å². The van der Waals surface area contributed by atoms with E-state index in [-0.39, 0.29) is 42.9 Å². The van der Waals surface area contributed by atoms with Gasteiger partial charge in [-0.2, -0.15) is 0 Å². The summed E-state index contributed by atoms with van der Waals surface area (Å²) in [5.41, 5.74) is 0. The molecule has 41 heavy (non-hydrogen) atoms.